The fourth-order valence-corrected chi connectivity index (χ4v) is 2.30. The number of hydrogen-bond acceptors (Lipinski definition) is 4. The highest BCUT2D eigenvalue weighted by atomic mass is 16.3. The molecule has 2 aromatic heterocycles. The number of quaternary nitrogens is 1. The van der Waals surface area contributed by atoms with Crippen molar-refractivity contribution in [3.63, 3.8) is 0 Å². The van der Waals surface area contributed by atoms with Crippen LogP contribution in [0.4, 0.5) is 0 Å². The summed E-state index contributed by atoms with van der Waals surface area (Å²) in [6.07, 6.45) is 4.74. The van der Waals surface area contributed by atoms with E-state index in [0.717, 1.165) is 25.9 Å². The van der Waals surface area contributed by atoms with Crippen LogP contribution in [0.25, 0.3) is 0 Å². The van der Waals surface area contributed by atoms with Gasteiger partial charge in [-0.1, -0.05) is 0 Å². The Morgan fingerprint density at radius 3 is 1.75 bits per heavy atom. The Bertz CT molecular complexity index is 554. The van der Waals surface area contributed by atoms with Crippen LogP contribution in [0.1, 0.15) is 34.0 Å². The van der Waals surface area contributed by atoms with E-state index in [-0.39, 0.29) is 11.8 Å². The molecule has 3 N–H and O–H groups in total. The number of rotatable bonds is 10. The summed E-state index contributed by atoms with van der Waals surface area (Å²) in [4.78, 5) is 24.7. The van der Waals surface area contributed by atoms with Crippen LogP contribution in [0.15, 0.2) is 45.6 Å². The molecule has 0 fully saturated rings. The van der Waals surface area contributed by atoms with Crippen molar-refractivity contribution in [3.05, 3.63) is 48.3 Å². The van der Waals surface area contributed by atoms with Crippen LogP contribution in [0.3, 0.4) is 0 Å². The van der Waals surface area contributed by atoms with Gasteiger partial charge in [-0.15, -0.1) is 0 Å². The maximum absolute atomic E-state index is 11.7. The van der Waals surface area contributed by atoms with E-state index in [2.05, 4.69) is 17.7 Å². The lowest BCUT2D eigenvalue weighted by molar-refractivity contribution is -0.879. The SMILES string of the molecule is C[NH+](CCCNC(=O)c1ccco1)CCCNC(=O)c1ccco1. The average molecular weight is 334 g/mol. The zero-order chi connectivity index (χ0) is 17.2. The molecule has 0 aliphatic heterocycles. The van der Waals surface area contributed by atoms with Gasteiger partial charge in [0.25, 0.3) is 11.8 Å². The van der Waals surface area contributed by atoms with Gasteiger partial charge in [0.05, 0.1) is 32.7 Å². The Hall–Kier alpha value is -2.54. The van der Waals surface area contributed by atoms with E-state index in [1.165, 1.54) is 17.4 Å². The van der Waals surface area contributed by atoms with Crippen molar-refractivity contribution in [2.24, 2.45) is 0 Å². The fraction of sp³-hybridized carbons (Fsp3) is 0.412. The van der Waals surface area contributed by atoms with Gasteiger partial charge in [-0.25, -0.2) is 0 Å². The molecule has 0 bridgehead atoms. The van der Waals surface area contributed by atoms with Crippen LogP contribution in [0.2, 0.25) is 0 Å². The van der Waals surface area contributed by atoms with E-state index in [1.54, 1.807) is 24.3 Å². The Morgan fingerprint density at radius 2 is 1.38 bits per heavy atom. The average Bonchev–Trinajstić information content (AvgIpc) is 3.28. The second-order valence-corrected chi connectivity index (χ2v) is 5.63. The van der Waals surface area contributed by atoms with Crippen molar-refractivity contribution in [2.75, 3.05) is 33.2 Å². The summed E-state index contributed by atoms with van der Waals surface area (Å²) in [6.45, 7) is 3.13. The number of carbonyl (C=O) groups is 2. The van der Waals surface area contributed by atoms with E-state index in [0.29, 0.717) is 24.6 Å². The van der Waals surface area contributed by atoms with Crippen LogP contribution in [-0.4, -0.2) is 45.0 Å². The van der Waals surface area contributed by atoms with E-state index in [9.17, 15) is 9.59 Å². The van der Waals surface area contributed by atoms with Gasteiger partial charge in [0.1, 0.15) is 0 Å². The monoisotopic (exact) mass is 334 g/mol. The minimum atomic E-state index is -0.182. The third-order valence-corrected chi connectivity index (χ3v) is 3.62. The Kier molecular flexibility index (Phi) is 7.10. The standard InChI is InChI=1S/C17H23N3O4/c1-20(10-4-8-18-16(21)14-6-2-12-23-14)11-5-9-19-17(22)15-7-3-13-24-15/h2-3,6-7,12-13H,4-5,8-11H2,1H3,(H,18,21)(H,19,22)/p+1. The van der Waals surface area contributed by atoms with E-state index >= 15 is 0 Å². The molecular formula is C17H24N3O4+. The molecule has 24 heavy (non-hydrogen) atoms. The Morgan fingerprint density at radius 1 is 0.917 bits per heavy atom. The Labute approximate surface area is 141 Å². The summed E-state index contributed by atoms with van der Waals surface area (Å²) in [5.74, 6) is 0.308. The molecule has 0 unspecified atom stereocenters. The maximum atomic E-state index is 11.7. The van der Waals surface area contributed by atoms with Gasteiger partial charge in [0.15, 0.2) is 11.5 Å². The van der Waals surface area contributed by atoms with Crippen LogP contribution < -0.4 is 15.5 Å². The summed E-state index contributed by atoms with van der Waals surface area (Å²) in [7, 11) is 2.10. The van der Waals surface area contributed by atoms with Gasteiger partial charge in [0.2, 0.25) is 0 Å². The molecule has 2 aromatic rings. The predicted molar refractivity (Wildman–Crippen MR) is 87.9 cm³/mol. The van der Waals surface area contributed by atoms with E-state index in [4.69, 9.17) is 8.83 Å². The molecule has 0 aromatic carbocycles. The van der Waals surface area contributed by atoms with Gasteiger partial charge >= 0.3 is 0 Å². The van der Waals surface area contributed by atoms with Crippen LogP contribution in [-0.2, 0) is 0 Å². The normalized spacial score (nSPS) is 10.8. The van der Waals surface area contributed by atoms with Gasteiger partial charge in [-0.2, -0.15) is 0 Å². The third-order valence-electron chi connectivity index (χ3n) is 3.62. The van der Waals surface area contributed by atoms with E-state index in [1.807, 2.05) is 0 Å². The molecule has 0 spiro atoms. The molecule has 0 saturated carbocycles. The number of nitrogens with one attached hydrogen (secondary N) is 3. The predicted octanol–water partition coefficient (Wildman–Crippen LogP) is 0.327. The molecule has 0 atom stereocenters. The lowest BCUT2D eigenvalue weighted by Crippen LogP contribution is -3.09. The van der Waals surface area contributed by atoms with Crippen molar-refractivity contribution >= 4 is 11.8 Å². The zero-order valence-corrected chi connectivity index (χ0v) is 13.8. The van der Waals surface area contributed by atoms with Crippen LogP contribution in [0.5, 0.6) is 0 Å². The van der Waals surface area contributed by atoms with Gasteiger partial charge in [-0.3, -0.25) is 9.59 Å². The topological polar surface area (TPSA) is 88.9 Å². The first-order valence-electron chi connectivity index (χ1n) is 8.11. The van der Waals surface area contributed by atoms with Crippen LogP contribution in [0, 0.1) is 0 Å². The molecule has 0 aliphatic carbocycles. The molecule has 0 radical (unpaired) electrons. The van der Waals surface area contributed by atoms with Crippen molar-refractivity contribution in [3.8, 4) is 0 Å². The highest BCUT2D eigenvalue weighted by Gasteiger charge is 2.09. The smallest absolute Gasteiger partial charge is 0.286 e. The van der Waals surface area contributed by atoms with Crippen molar-refractivity contribution in [1.82, 2.24) is 10.6 Å². The molecule has 0 aliphatic rings. The minimum absolute atomic E-state index is 0.182. The van der Waals surface area contributed by atoms with Crippen molar-refractivity contribution in [1.29, 1.82) is 0 Å². The van der Waals surface area contributed by atoms with Crippen molar-refractivity contribution < 1.29 is 23.3 Å². The summed E-state index contributed by atoms with van der Waals surface area (Å²) in [5.41, 5.74) is 0. The lowest BCUT2D eigenvalue weighted by atomic mass is 10.3. The second-order valence-electron chi connectivity index (χ2n) is 5.63. The first kappa shape index (κ1) is 17.8. The van der Waals surface area contributed by atoms with E-state index < -0.39 is 0 Å². The van der Waals surface area contributed by atoms with Crippen LogP contribution >= 0.6 is 0 Å². The molecule has 2 amide bonds. The summed E-state index contributed by atoms with van der Waals surface area (Å²) in [5, 5.41) is 5.65. The summed E-state index contributed by atoms with van der Waals surface area (Å²) >= 11 is 0. The zero-order valence-electron chi connectivity index (χ0n) is 13.8. The number of carbonyl (C=O) groups excluding carboxylic acids is 2. The molecule has 7 nitrogen and oxygen atoms in total. The number of furan rings is 2. The highest BCUT2D eigenvalue weighted by Crippen LogP contribution is 1.99. The Balaban J connectivity index is 1.48. The maximum Gasteiger partial charge on any atom is 0.286 e. The number of hydrogen-bond donors (Lipinski definition) is 3. The van der Waals surface area contributed by atoms with Gasteiger partial charge < -0.3 is 24.4 Å². The quantitative estimate of drug-likeness (QED) is 0.546. The number of amides is 2. The molecular weight excluding hydrogens is 310 g/mol. The molecule has 130 valence electrons. The minimum Gasteiger partial charge on any atom is -0.459 e. The second kappa shape index (κ2) is 9.57. The lowest BCUT2D eigenvalue weighted by Gasteiger charge is -2.14. The van der Waals surface area contributed by atoms with Crippen molar-refractivity contribution in [2.45, 2.75) is 12.8 Å². The molecule has 2 heterocycles. The first-order chi connectivity index (χ1) is 11.7. The summed E-state index contributed by atoms with van der Waals surface area (Å²) < 4.78 is 10.1. The fourth-order valence-electron chi connectivity index (χ4n) is 2.30. The first-order valence-corrected chi connectivity index (χ1v) is 8.11. The molecule has 7 heteroatoms. The highest BCUT2D eigenvalue weighted by molar-refractivity contribution is 5.91. The van der Waals surface area contributed by atoms with Gasteiger partial charge in [0, 0.05) is 25.9 Å². The largest absolute Gasteiger partial charge is 0.459 e. The van der Waals surface area contributed by atoms with Gasteiger partial charge in [-0.05, 0) is 24.3 Å². The molecule has 2 rings (SSSR count). The summed E-state index contributed by atoms with van der Waals surface area (Å²) in [6, 6.07) is 6.67. The molecule has 0 saturated heterocycles. The third kappa shape index (κ3) is 5.92.